The molecular weight excluding hydrogens is 401 g/mol. The molecule has 0 spiro atoms. The largest absolute Gasteiger partial charge is 0.491 e. The van der Waals surface area contributed by atoms with Gasteiger partial charge in [-0.3, -0.25) is 4.79 Å². The van der Waals surface area contributed by atoms with Crippen LogP contribution in [0.5, 0.6) is 5.75 Å². The third-order valence-corrected chi connectivity index (χ3v) is 3.66. The number of nitrogens with zero attached hydrogens (tertiary/aromatic N) is 2. The number of methoxy groups -OCH3 is 1. The fraction of sp³-hybridized carbons (Fsp3) is 0.136. The summed E-state index contributed by atoms with van der Waals surface area (Å²) in [4.78, 5) is 19.5. The number of aromatic nitrogens is 2. The van der Waals surface area contributed by atoms with Crippen molar-refractivity contribution in [3.05, 3.63) is 73.2 Å². The number of hydrogen-bond acceptors (Lipinski definition) is 7. The van der Waals surface area contributed by atoms with Gasteiger partial charge >= 0.3 is 0 Å². The van der Waals surface area contributed by atoms with E-state index in [1.165, 1.54) is 24.3 Å². The van der Waals surface area contributed by atoms with Crippen molar-refractivity contribution in [2.24, 2.45) is 0 Å². The standard InChI is InChI=1S/C22H22FN5O3/c1-3-20(29)25-16-5-4-6-17(13-16)26-21-19(23)14-24-22(28-21)27-15-7-9-18(10-8-15)31-12-11-30-2/h3-10,13-14H,1,11-12H2,2H3,(H,25,29)(H2,24,26,27,28)/i2D3,5D,6D,11D2. The molecule has 0 bridgehead atoms. The molecule has 0 aliphatic heterocycles. The van der Waals surface area contributed by atoms with Crippen LogP contribution in [-0.4, -0.2) is 36.1 Å². The zero-order valence-electron chi connectivity index (χ0n) is 23.0. The van der Waals surface area contributed by atoms with E-state index >= 15 is 0 Å². The number of anilines is 5. The van der Waals surface area contributed by atoms with Gasteiger partial charge < -0.3 is 25.4 Å². The van der Waals surface area contributed by atoms with Crippen molar-refractivity contribution in [2.45, 2.75) is 0 Å². The summed E-state index contributed by atoms with van der Waals surface area (Å²) in [5.41, 5.74) is 0.625. The Bertz CT molecular complexity index is 1320. The maximum atomic E-state index is 14.4. The lowest BCUT2D eigenvalue weighted by Gasteiger charge is -2.11. The first-order chi connectivity index (χ1) is 17.7. The number of hydrogen-bond donors (Lipinski definition) is 3. The van der Waals surface area contributed by atoms with E-state index in [9.17, 15) is 9.18 Å². The molecule has 0 saturated heterocycles. The zero-order valence-corrected chi connectivity index (χ0v) is 16.0. The average molecular weight is 430 g/mol. The van der Waals surface area contributed by atoms with Crippen LogP contribution in [0.1, 0.15) is 9.60 Å². The SMILES string of the molecule is [2H]c1cc([2H])c(Nc2nc(Nc3ccc(OCC([2H])([2H])OC([2H])([2H])[2H])cc3)ncc2F)cc1NC(=O)C=C. The van der Waals surface area contributed by atoms with Gasteiger partial charge in [0.15, 0.2) is 11.6 Å². The Hall–Kier alpha value is -3.98. The predicted octanol–water partition coefficient (Wildman–Crippen LogP) is 4.25. The number of carbonyl (C=O) groups is 1. The summed E-state index contributed by atoms with van der Waals surface area (Å²) in [5, 5.41) is 7.95. The normalized spacial score (nSPS) is 14.4. The van der Waals surface area contributed by atoms with Crippen LogP contribution < -0.4 is 20.7 Å². The minimum absolute atomic E-state index is 0.00574. The summed E-state index contributed by atoms with van der Waals surface area (Å²) in [6.45, 7) is 0.143. The van der Waals surface area contributed by atoms with Crippen LogP contribution >= 0.6 is 0 Å². The molecule has 0 fully saturated rings. The zero-order chi connectivity index (χ0) is 28.1. The first kappa shape index (κ1) is 14.1. The number of rotatable bonds is 10. The van der Waals surface area contributed by atoms with Gasteiger partial charge in [0.25, 0.3) is 0 Å². The first-order valence-electron chi connectivity index (χ1n) is 12.3. The second kappa shape index (κ2) is 10.7. The molecule has 2 aromatic carbocycles. The summed E-state index contributed by atoms with van der Waals surface area (Å²) in [5.74, 6) is -1.42. The van der Waals surface area contributed by atoms with Gasteiger partial charge in [-0.05, 0) is 48.5 Å². The summed E-state index contributed by atoms with van der Waals surface area (Å²) >= 11 is 0. The van der Waals surface area contributed by atoms with Crippen LogP contribution in [0, 0.1) is 5.82 Å². The number of ether oxygens (including phenoxy) is 2. The van der Waals surface area contributed by atoms with Crippen molar-refractivity contribution in [1.29, 1.82) is 0 Å². The maximum absolute atomic E-state index is 14.4. The molecule has 9 heteroatoms. The molecule has 0 unspecified atom stereocenters. The van der Waals surface area contributed by atoms with E-state index in [1.807, 2.05) is 0 Å². The van der Waals surface area contributed by atoms with E-state index in [0.717, 1.165) is 12.3 Å². The van der Waals surface area contributed by atoms with Crippen molar-refractivity contribution in [2.75, 3.05) is 36.2 Å². The van der Waals surface area contributed by atoms with Gasteiger partial charge in [0.05, 0.1) is 22.4 Å². The lowest BCUT2D eigenvalue weighted by molar-refractivity contribution is -0.111. The smallest absolute Gasteiger partial charge is 0.247 e. The van der Waals surface area contributed by atoms with Gasteiger partial charge in [0.2, 0.25) is 11.9 Å². The molecule has 3 aromatic rings. The Kier molecular flexibility index (Phi) is 4.87. The van der Waals surface area contributed by atoms with E-state index in [0.29, 0.717) is 5.69 Å². The van der Waals surface area contributed by atoms with Crippen LogP contribution in [0.25, 0.3) is 0 Å². The summed E-state index contributed by atoms with van der Waals surface area (Å²) in [7, 11) is -2.92. The van der Waals surface area contributed by atoms with Crippen LogP contribution in [0.3, 0.4) is 0 Å². The van der Waals surface area contributed by atoms with Crippen LogP contribution in [-0.2, 0) is 9.53 Å². The molecule has 160 valence electrons. The second-order valence-electron chi connectivity index (χ2n) is 5.80. The third kappa shape index (κ3) is 6.51. The van der Waals surface area contributed by atoms with Gasteiger partial charge in [-0.15, -0.1) is 0 Å². The van der Waals surface area contributed by atoms with Crippen molar-refractivity contribution >= 4 is 34.7 Å². The quantitative estimate of drug-likeness (QED) is 0.414. The number of halogens is 1. The van der Waals surface area contributed by atoms with Crippen LogP contribution in [0.2, 0.25) is 0 Å². The van der Waals surface area contributed by atoms with E-state index in [-0.39, 0.29) is 41.0 Å². The Balaban J connectivity index is 1.70. The summed E-state index contributed by atoms with van der Waals surface area (Å²) in [6.07, 6.45) is 1.93. The molecular formula is C22H22FN5O3. The van der Waals surface area contributed by atoms with Gasteiger partial charge in [-0.1, -0.05) is 12.6 Å². The molecule has 0 radical (unpaired) electrons. The minimum atomic E-state index is -2.92. The summed E-state index contributed by atoms with van der Waals surface area (Å²) in [6, 6.07) is 8.25. The molecule has 1 amide bonds. The third-order valence-electron chi connectivity index (χ3n) is 3.66. The van der Waals surface area contributed by atoms with Crippen LogP contribution in [0.15, 0.2) is 67.3 Å². The Morgan fingerprint density at radius 1 is 1.29 bits per heavy atom. The molecule has 8 nitrogen and oxygen atoms in total. The molecule has 3 rings (SSSR count). The highest BCUT2D eigenvalue weighted by Crippen LogP contribution is 2.23. The number of benzene rings is 2. The lowest BCUT2D eigenvalue weighted by atomic mass is 10.2. The summed E-state index contributed by atoms with van der Waals surface area (Å²) < 4.78 is 76.1. The molecule has 0 atom stereocenters. The Morgan fingerprint density at radius 3 is 2.87 bits per heavy atom. The van der Waals surface area contributed by atoms with Crippen molar-refractivity contribution < 1.29 is 28.3 Å². The van der Waals surface area contributed by atoms with E-state index in [2.05, 4.69) is 37.2 Å². The van der Waals surface area contributed by atoms with Gasteiger partial charge in [-0.25, -0.2) is 9.37 Å². The monoisotopic (exact) mass is 430 g/mol. The molecule has 0 saturated carbocycles. The molecule has 3 N–H and O–H groups in total. The molecule has 0 aliphatic carbocycles. The van der Waals surface area contributed by atoms with E-state index < -0.39 is 31.9 Å². The number of carbonyl (C=O) groups excluding carboxylic acids is 1. The van der Waals surface area contributed by atoms with Crippen molar-refractivity contribution in [1.82, 2.24) is 9.97 Å². The predicted molar refractivity (Wildman–Crippen MR) is 118 cm³/mol. The highest BCUT2D eigenvalue weighted by molar-refractivity contribution is 5.99. The van der Waals surface area contributed by atoms with Crippen molar-refractivity contribution in [3.63, 3.8) is 0 Å². The molecule has 1 heterocycles. The van der Waals surface area contributed by atoms with Gasteiger partial charge in [0, 0.05) is 24.1 Å². The van der Waals surface area contributed by atoms with Crippen molar-refractivity contribution in [3.8, 4) is 5.75 Å². The molecule has 0 aliphatic rings. The fourth-order valence-corrected chi connectivity index (χ4v) is 2.30. The number of amides is 1. The van der Waals surface area contributed by atoms with E-state index in [1.54, 1.807) is 12.1 Å². The average Bonchev–Trinajstić information content (AvgIpc) is 2.82. The molecule has 31 heavy (non-hydrogen) atoms. The van der Waals surface area contributed by atoms with E-state index in [4.69, 9.17) is 14.3 Å². The lowest BCUT2D eigenvalue weighted by Crippen LogP contribution is -2.07. The van der Waals surface area contributed by atoms with Crippen LogP contribution in [0.4, 0.5) is 33.2 Å². The second-order valence-corrected chi connectivity index (χ2v) is 5.80. The topological polar surface area (TPSA) is 97.4 Å². The van der Waals surface area contributed by atoms with Gasteiger partial charge in [-0.2, -0.15) is 4.98 Å². The highest BCUT2D eigenvalue weighted by atomic mass is 19.1. The fourth-order valence-electron chi connectivity index (χ4n) is 2.30. The number of nitrogens with one attached hydrogen (secondary N) is 3. The highest BCUT2D eigenvalue weighted by Gasteiger charge is 2.09. The molecule has 1 aromatic heterocycles. The van der Waals surface area contributed by atoms with Gasteiger partial charge in [0.1, 0.15) is 12.4 Å². The first-order valence-corrected chi connectivity index (χ1v) is 8.79. The minimum Gasteiger partial charge on any atom is -0.491 e. The Labute approximate surface area is 189 Å². The maximum Gasteiger partial charge on any atom is 0.247 e. The Morgan fingerprint density at radius 2 is 2.10 bits per heavy atom.